The number of carbonyl (C=O) groups is 2. The van der Waals surface area contributed by atoms with Gasteiger partial charge in [0.15, 0.2) is 11.8 Å². The standard InChI is InChI=1S/C23H24N2O4/c1-14(20(26)15-10-12-16(13-11-15)23(2,3)4)29-22(28)19-17-8-6-7-9-18(17)21(27)25(5)24-19/h6-14H,1-5H3/t14-/m1/s1. The molecule has 0 amide bonds. The van der Waals surface area contributed by atoms with E-state index in [1.807, 2.05) is 12.1 Å². The highest BCUT2D eigenvalue weighted by atomic mass is 16.5. The molecule has 2 aromatic carbocycles. The summed E-state index contributed by atoms with van der Waals surface area (Å²) in [6.07, 6.45) is -0.985. The Morgan fingerprint density at radius 2 is 1.59 bits per heavy atom. The number of aryl methyl sites for hydroxylation is 1. The highest BCUT2D eigenvalue weighted by molar-refractivity contribution is 6.05. The number of hydrogen-bond acceptors (Lipinski definition) is 5. The summed E-state index contributed by atoms with van der Waals surface area (Å²) in [7, 11) is 1.47. The summed E-state index contributed by atoms with van der Waals surface area (Å²) in [5.74, 6) is -1.04. The van der Waals surface area contributed by atoms with Crippen LogP contribution in [0.4, 0.5) is 0 Å². The first kappa shape index (κ1) is 20.5. The van der Waals surface area contributed by atoms with Crippen LogP contribution in [-0.2, 0) is 17.2 Å². The fourth-order valence-electron chi connectivity index (χ4n) is 3.09. The molecule has 1 aromatic heterocycles. The van der Waals surface area contributed by atoms with Crippen LogP contribution in [0.25, 0.3) is 10.8 Å². The maximum Gasteiger partial charge on any atom is 0.360 e. The maximum atomic E-state index is 12.7. The average molecular weight is 392 g/mol. The third kappa shape index (κ3) is 4.11. The Labute approximate surface area is 169 Å². The van der Waals surface area contributed by atoms with E-state index in [1.54, 1.807) is 36.4 Å². The number of Topliss-reactive ketones (excluding diaryl/α,β-unsaturated/α-hetero) is 1. The average Bonchev–Trinajstić information content (AvgIpc) is 2.69. The highest BCUT2D eigenvalue weighted by Gasteiger charge is 2.24. The molecule has 0 spiro atoms. The van der Waals surface area contributed by atoms with E-state index in [4.69, 9.17) is 4.74 Å². The number of esters is 1. The van der Waals surface area contributed by atoms with E-state index in [-0.39, 0.29) is 22.5 Å². The van der Waals surface area contributed by atoms with Gasteiger partial charge in [-0.1, -0.05) is 63.2 Å². The Kier molecular flexibility index (Phi) is 5.38. The summed E-state index contributed by atoms with van der Waals surface area (Å²) in [6, 6.07) is 14.0. The minimum Gasteiger partial charge on any atom is -0.449 e. The van der Waals surface area contributed by atoms with Crippen molar-refractivity contribution in [3.05, 3.63) is 75.7 Å². The largest absolute Gasteiger partial charge is 0.449 e. The minimum absolute atomic E-state index is 0.00503. The smallest absolute Gasteiger partial charge is 0.360 e. The minimum atomic E-state index is -0.985. The molecule has 0 saturated heterocycles. The molecule has 150 valence electrons. The molecule has 6 nitrogen and oxygen atoms in total. The predicted octanol–water partition coefficient (Wildman–Crippen LogP) is 3.66. The van der Waals surface area contributed by atoms with Gasteiger partial charge in [0.1, 0.15) is 0 Å². The molecule has 0 aliphatic carbocycles. The van der Waals surface area contributed by atoms with Gasteiger partial charge in [-0.25, -0.2) is 9.48 Å². The van der Waals surface area contributed by atoms with Crippen molar-refractivity contribution in [3.8, 4) is 0 Å². The summed E-state index contributed by atoms with van der Waals surface area (Å²) >= 11 is 0. The predicted molar refractivity (Wildman–Crippen MR) is 111 cm³/mol. The van der Waals surface area contributed by atoms with Crippen LogP contribution in [0, 0.1) is 0 Å². The highest BCUT2D eigenvalue weighted by Crippen LogP contribution is 2.23. The molecule has 0 unspecified atom stereocenters. The van der Waals surface area contributed by atoms with Crippen molar-refractivity contribution in [3.63, 3.8) is 0 Å². The molecule has 0 fully saturated rings. The van der Waals surface area contributed by atoms with Crippen LogP contribution in [0.1, 0.15) is 54.1 Å². The molecule has 0 radical (unpaired) electrons. The number of ether oxygens (including phenoxy) is 1. The van der Waals surface area contributed by atoms with Crippen molar-refractivity contribution in [2.45, 2.75) is 39.2 Å². The van der Waals surface area contributed by atoms with Crippen LogP contribution < -0.4 is 5.56 Å². The van der Waals surface area contributed by atoms with Gasteiger partial charge in [0.25, 0.3) is 5.56 Å². The van der Waals surface area contributed by atoms with Crippen LogP contribution in [0.3, 0.4) is 0 Å². The first-order chi connectivity index (χ1) is 13.6. The molecule has 1 heterocycles. The molecule has 0 aliphatic heterocycles. The number of hydrogen-bond donors (Lipinski definition) is 0. The first-order valence-corrected chi connectivity index (χ1v) is 9.41. The van der Waals surface area contributed by atoms with Gasteiger partial charge >= 0.3 is 5.97 Å². The molecule has 1 atom stereocenters. The Hall–Kier alpha value is -3.28. The Bertz CT molecular complexity index is 1140. The second-order valence-electron chi connectivity index (χ2n) is 8.06. The molecule has 3 aromatic rings. The summed E-state index contributed by atoms with van der Waals surface area (Å²) in [6.45, 7) is 7.82. The molecule has 3 rings (SSSR count). The number of fused-ring (bicyclic) bond motifs is 1. The van der Waals surface area contributed by atoms with Crippen molar-refractivity contribution in [1.82, 2.24) is 9.78 Å². The van der Waals surface area contributed by atoms with E-state index in [2.05, 4.69) is 25.9 Å². The SMILES string of the molecule is C[C@@H](OC(=O)c1nn(C)c(=O)c2ccccc12)C(=O)c1ccc(C(C)(C)C)cc1. The fraction of sp³-hybridized carbons (Fsp3) is 0.304. The van der Waals surface area contributed by atoms with E-state index in [0.717, 1.165) is 10.2 Å². The van der Waals surface area contributed by atoms with E-state index in [9.17, 15) is 14.4 Å². The van der Waals surface area contributed by atoms with Gasteiger partial charge < -0.3 is 4.74 Å². The Morgan fingerprint density at radius 1 is 1.00 bits per heavy atom. The molecule has 0 bridgehead atoms. The van der Waals surface area contributed by atoms with E-state index < -0.39 is 12.1 Å². The Morgan fingerprint density at radius 3 is 2.17 bits per heavy atom. The number of carbonyl (C=O) groups excluding carboxylic acids is 2. The summed E-state index contributed by atoms with van der Waals surface area (Å²) in [4.78, 5) is 37.6. The molecule has 0 saturated carbocycles. The first-order valence-electron chi connectivity index (χ1n) is 9.41. The lowest BCUT2D eigenvalue weighted by molar-refractivity contribution is 0.0313. The monoisotopic (exact) mass is 392 g/mol. The van der Waals surface area contributed by atoms with Gasteiger partial charge in [0.2, 0.25) is 5.78 Å². The summed E-state index contributed by atoms with van der Waals surface area (Å²) < 4.78 is 6.48. The molecular formula is C23H24N2O4. The molecule has 0 N–H and O–H groups in total. The fourth-order valence-corrected chi connectivity index (χ4v) is 3.09. The van der Waals surface area contributed by atoms with Gasteiger partial charge in [0, 0.05) is 18.0 Å². The third-order valence-electron chi connectivity index (χ3n) is 4.84. The van der Waals surface area contributed by atoms with Gasteiger partial charge in [-0.2, -0.15) is 5.10 Å². The summed E-state index contributed by atoms with van der Waals surface area (Å²) in [5.41, 5.74) is 1.26. The molecular weight excluding hydrogens is 368 g/mol. The lowest BCUT2D eigenvalue weighted by Crippen LogP contribution is -2.28. The molecule has 29 heavy (non-hydrogen) atoms. The number of nitrogens with zero attached hydrogens (tertiary/aromatic N) is 2. The molecule has 0 aliphatic rings. The maximum absolute atomic E-state index is 12.7. The van der Waals surface area contributed by atoms with Crippen molar-refractivity contribution in [2.24, 2.45) is 7.05 Å². The number of rotatable bonds is 4. The second-order valence-corrected chi connectivity index (χ2v) is 8.06. The van der Waals surface area contributed by atoms with Crippen molar-refractivity contribution in [2.75, 3.05) is 0 Å². The third-order valence-corrected chi connectivity index (χ3v) is 4.84. The van der Waals surface area contributed by atoms with E-state index in [0.29, 0.717) is 16.3 Å². The van der Waals surface area contributed by atoms with Crippen LogP contribution in [-0.4, -0.2) is 27.6 Å². The lowest BCUT2D eigenvalue weighted by atomic mass is 9.86. The van der Waals surface area contributed by atoms with Crippen LogP contribution in [0.2, 0.25) is 0 Å². The van der Waals surface area contributed by atoms with E-state index >= 15 is 0 Å². The zero-order valence-corrected chi connectivity index (χ0v) is 17.2. The zero-order chi connectivity index (χ0) is 21.3. The van der Waals surface area contributed by atoms with Gasteiger partial charge in [-0.3, -0.25) is 9.59 Å². The normalized spacial score (nSPS) is 12.6. The Balaban J connectivity index is 1.84. The van der Waals surface area contributed by atoms with Crippen LogP contribution >= 0.6 is 0 Å². The van der Waals surface area contributed by atoms with Gasteiger partial charge in [-0.05, 0) is 24.0 Å². The molecule has 6 heteroatoms. The lowest BCUT2D eigenvalue weighted by Gasteiger charge is -2.19. The number of benzene rings is 2. The van der Waals surface area contributed by atoms with Gasteiger partial charge in [0.05, 0.1) is 5.39 Å². The van der Waals surface area contributed by atoms with Crippen molar-refractivity contribution < 1.29 is 14.3 Å². The number of aromatic nitrogens is 2. The van der Waals surface area contributed by atoms with Gasteiger partial charge in [-0.15, -0.1) is 0 Å². The van der Waals surface area contributed by atoms with Crippen molar-refractivity contribution in [1.29, 1.82) is 0 Å². The summed E-state index contributed by atoms with van der Waals surface area (Å²) in [5, 5.41) is 4.81. The van der Waals surface area contributed by atoms with E-state index in [1.165, 1.54) is 14.0 Å². The topological polar surface area (TPSA) is 78.3 Å². The van der Waals surface area contributed by atoms with Crippen LogP contribution in [0.5, 0.6) is 0 Å². The van der Waals surface area contributed by atoms with Crippen LogP contribution in [0.15, 0.2) is 53.3 Å². The quantitative estimate of drug-likeness (QED) is 0.500. The van der Waals surface area contributed by atoms with Crippen molar-refractivity contribution >= 4 is 22.5 Å². The number of ketones is 1. The second kappa shape index (κ2) is 7.62. The zero-order valence-electron chi connectivity index (χ0n) is 17.2.